The van der Waals surface area contributed by atoms with Crippen molar-refractivity contribution < 1.29 is 4.79 Å². The molecular formula is C14H12BrCl2N3O. The van der Waals surface area contributed by atoms with Crippen LogP contribution in [-0.4, -0.2) is 13.0 Å². The molecule has 4 nitrogen and oxygen atoms in total. The van der Waals surface area contributed by atoms with Crippen LogP contribution in [0.2, 0.25) is 10.0 Å². The van der Waals surface area contributed by atoms with Gasteiger partial charge in [-0.2, -0.15) is 0 Å². The molecule has 0 heterocycles. The molecule has 4 N–H and O–H groups in total. The summed E-state index contributed by atoms with van der Waals surface area (Å²) in [5.41, 5.74) is 7.90. The summed E-state index contributed by atoms with van der Waals surface area (Å²) >= 11 is 15.6. The minimum Gasteiger partial charge on any atom is -0.399 e. The highest BCUT2D eigenvalue weighted by Crippen LogP contribution is 2.37. The van der Waals surface area contributed by atoms with Gasteiger partial charge in [0.25, 0.3) is 5.91 Å². The van der Waals surface area contributed by atoms with E-state index in [9.17, 15) is 4.79 Å². The Morgan fingerprint density at radius 3 is 2.52 bits per heavy atom. The van der Waals surface area contributed by atoms with E-state index in [1.165, 1.54) is 0 Å². The molecule has 0 atom stereocenters. The van der Waals surface area contributed by atoms with E-state index in [4.69, 9.17) is 28.9 Å². The summed E-state index contributed by atoms with van der Waals surface area (Å²) in [5, 5.41) is 6.42. The molecule has 110 valence electrons. The van der Waals surface area contributed by atoms with E-state index in [-0.39, 0.29) is 5.91 Å². The molecule has 0 aliphatic heterocycles. The van der Waals surface area contributed by atoms with Crippen molar-refractivity contribution in [1.82, 2.24) is 5.32 Å². The highest BCUT2D eigenvalue weighted by Gasteiger charge is 2.13. The fourth-order valence-electron chi connectivity index (χ4n) is 1.77. The van der Waals surface area contributed by atoms with Crippen molar-refractivity contribution in [3.05, 3.63) is 50.4 Å². The largest absolute Gasteiger partial charge is 0.399 e. The minimum absolute atomic E-state index is 0.225. The topological polar surface area (TPSA) is 67.2 Å². The van der Waals surface area contributed by atoms with E-state index in [1.54, 1.807) is 37.4 Å². The van der Waals surface area contributed by atoms with Gasteiger partial charge in [-0.05, 0) is 46.3 Å². The zero-order chi connectivity index (χ0) is 15.6. The van der Waals surface area contributed by atoms with Gasteiger partial charge in [-0.15, -0.1) is 0 Å². The van der Waals surface area contributed by atoms with Gasteiger partial charge in [0.15, 0.2) is 0 Å². The summed E-state index contributed by atoms with van der Waals surface area (Å²) in [5.74, 6) is -0.225. The van der Waals surface area contributed by atoms with Crippen LogP contribution in [-0.2, 0) is 0 Å². The second kappa shape index (κ2) is 6.56. The number of nitrogens with two attached hydrogens (primary N) is 1. The number of nitrogen functional groups attached to an aromatic ring is 1. The van der Waals surface area contributed by atoms with Crippen molar-refractivity contribution in [2.24, 2.45) is 0 Å². The molecule has 0 bridgehead atoms. The summed E-state index contributed by atoms with van der Waals surface area (Å²) < 4.78 is 0.693. The van der Waals surface area contributed by atoms with Gasteiger partial charge in [0, 0.05) is 17.2 Å². The quantitative estimate of drug-likeness (QED) is 0.537. The van der Waals surface area contributed by atoms with Crippen molar-refractivity contribution in [3.8, 4) is 0 Å². The average Bonchev–Trinajstić information content (AvgIpc) is 2.47. The second-order valence-corrected chi connectivity index (χ2v) is 5.84. The molecule has 0 saturated carbocycles. The van der Waals surface area contributed by atoms with Crippen molar-refractivity contribution in [1.29, 1.82) is 0 Å². The molecule has 0 aliphatic carbocycles. The van der Waals surface area contributed by atoms with Gasteiger partial charge in [0.05, 0.1) is 27.0 Å². The Morgan fingerprint density at radius 2 is 1.86 bits per heavy atom. The Labute approximate surface area is 140 Å². The lowest BCUT2D eigenvalue weighted by molar-refractivity contribution is 0.0964. The van der Waals surface area contributed by atoms with Gasteiger partial charge in [-0.25, -0.2) is 0 Å². The molecule has 0 spiro atoms. The van der Waals surface area contributed by atoms with E-state index in [0.717, 1.165) is 0 Å². The maximum atomic E-state index is 11.9. The molecule has 2 aromatic carbocycles. The van der Waals surface area contributed by atoms with E-state index in [1.807, 2.05) is 0 Å². The molecule has 0 radical (unpaired) electrons. The Bertz CT molecular complexity index is 707. The number of hydrogen-bond acceptors (Lipinski definition) is 3. The maximum Gasteiger partial charge on any atom is 0.253 e. The average molecular weight is 389 g/mol. The molecule has 2 rings (SSSR count). The SMILES string of the molecule is CNC(=O)c1ccc(N)cc1Nc1ccc(Br)c(Cl)c1Cl. The highest BCUT2D eigenvalue weighted by atomic mass is 79.9. The highest BCUT2D eigenvalue weighted by molar-refractivity contribution is 9.10. The molecule has 0 aromatic heterocycles. The predicted octanol–water partition coefficient (Wildman–Crippen LogP) is 4.44. The number of halogens is 3. The summed E-state index contributed by atoms with van der Waals surface area (Å²) in [7, 11) is 1.56. The fraction of sp³-hybridized carbons (Fsp3) is 0.0714. The summed E-state index contributed by atoms with van der Waals surface area (Å²) in [6, 6.07) is 8.49. The number of benzene rings is 2. The first kappa shape index (κ1) is 15.9. The number of carbonyl (C=O) groups excluding carboxylic acids is 1. The Hall–Kier alpha value is -1.43. The molecule has 1 amide bonds. The number of anilines is 3. The van der Waals surface area contributed by atoms with Crippen molar-refractivity contribution >= 4 is 62.1 Å². The third-order valence-corrected chi connectivity index (χ3v) is 4.59. The van der Waals surface area contributed by atoms with Gasteiger partial charge in [-0.3, -0.25) is 4.79 Å². The van der Waals surface area contributed by atoms with E-state index in [2.05, 4.69) is 26.6 Å². The van der Waals surface area contributed by atoms with Crippen molar-refractivity contribution in [2.45, 2.75) is 0 Å². The smallest absolute Gasteiger partial charge is 0.253 e. The van der Waals surface area contributed by atoms with Crippen LogP contribution in [0.25, 0.3) is 0 Å². The van der Waals surface area contributed by atoms with E-state index < -0.39 is 0 Å². The molecule has 2 aromatic rings. The number of rotatable bonds is 3. The zero-order valence-electron chi connectivity index (χ0n) is 11.0. The maximum absolute atomic E-state index is 11.9. The number of hydrogen-bond donors (Lipinski definition) is 3. The summed E-state index contributed by atoms with van der Waals surface area (Å²) in [6.45, 7) is 0. The number of amides is 1. The normalized spacial score (nSPS) is 10.3. The monoisotopic (exact) mass is 387 g/mol. The van der Waals surface area contributed by atoms with Crippen LogP contribution in [0.5, 0.6) is 0 Å². The zero-order valence-corrected chi connectivity index (χ0v) is 14.1. The third-order valence-electron chi connectivity index (χ3n) is 2.82. The third kappa shape index (κ3) is 3.43. The van der Waals surface area contributed by atoms with Crippen LogP contribution >= 0.6 is 39.1 Å². The van der Waals surface area contributed by atoms with E-state index in [0.29, 0.717) is 37.1 Å². The van der Waals surface area contributed by atoms with Gasteiger partial charge in [-0.1, -0.05) is 23.2 Å². The van der Waals surface area contributed by atoms with Crippen LogP contribution in [0, 0.1) is 0 Å². The first-order valence-corrected chi connectivity index (χ1v) is 7.51. The molecule has 0 aliphatic rings. The van der Waals surface area contributed by atoms with Gasteiger partial charge in [0.2, 0.25) is 0 Å². The fourth-order valence-corrected chi connectivity index (χ4v) is 2.59. The molecule has 0 fully saturated rings. The van der Waals surface area contributed by atoms with Crippen molar-refractivity contribution in [2.75, 3.05) is 18.1 Å². The second-order valence-electron chi connectivity index (χ2n) is 4.23. The van der Waals surface area contributed by atoms with Gasteiger partial charge < -0.3 is 16.4 Å². The predicted molar refractivity (Wildman–Crippen MR) is 91.7 cm³/mol. The number of nitrogens with one attached hydrogen (secondary N) is 2. The minimum atomic E-state index is -0.225. The summed E-state index contributed by atoms with van der Waals surface area (Å²) in [4.78, 5) is 11.9. The Morgan fingerprint density at radius 1 is 1.14 bits per heavy atom. The molecule has 0 saturated heterocycles. The van der Waals surface area contributed by atoms with Gasteiger partial charge in [0.1, 0.15) is 0 Å². The Kier molecular flexibility index (Phi) is 4.98. The number of carbonyl (C=O) groups is 1. The van der Waals surface area contributed by atoms with Crippen LogP contribution in [0.15, 0.2) is 34.8 Å². The van der Waals surface area contributed by atoms with E-state index >= 15 is 0 Å². The van der Waals surface area contributed by atoms with Crippen molar-refractivity contribution in [3.63, 3.8) is 0 Å². The Balaban J connectivity index is 2.46. The molecule has 7 heteroatoms. The first-order valence-electron chi connectivity index (χ1n) is 5.96. The lowest BCUT2D eigenvalue weighted by Gasteiger charge is -2.14. The molecule has 21 heavy (non-hydrogen) atoms. The molecule has 0 unspecified atom stereocenters. The van der Waals surface area contributed by atoms with Crippen LogP contribution in [0.1, 0.15) is 10.4 Å². The first-order chi connectivity index (χ1) is 9.93. The van der Waals surface area contributed by atoms with Crippen LogP contribution < -0.4 is 16.4 Å². The summed E-state index contributed by atoms with van der Waals surface area (Å²) in [6.07, 6.45) is 0. The lowest BCUT2D eigenvalue weighted by atomic mass is 10.1. The van der Waals surface area contributed by atoms with Crippen LogP contribution in [0.3, 0.4) is 0 Å². The lowest BCUT2D eigenvalue weighted by Crippen LogP contribution is -2.19. The standard InChI is InChI=1S/C14H12BrCl2N3O/c1-19-14(21)8-3-2-7(18)6-11(8)20-10-5-4-9(15)12(16)13(10)17/h2-6,20H,18H2,1H3,(H,19,21). The molecular weight excluding hydrogens is 377 g/mol. The van der Waals surface area contributed by atoms with Crippen LogP contribution in [0.4, 0.5) is 17.1 Å². The van der Waals surface area contributed by atoms with Gasteiger partial charge >= 0.3 is 0 Å².